The van der Waals surface area contributed by atoms with Crippen molar-refractivity contribution >= 4 is 38.7 Å². The molecule has 1 aromatic heterocycles. The highest BCUT2D eigenvalue weighted by Crippen LogP contribution is 2.41. The van der Waals surface area contributed by atoms with Crippen molar-refractivity contribution in [3.63, 3.8) is 0 Å². The second kappa shape index (κ2) is 10.3. The number of amides is 1. The first-order chi connectivity index (χ1) is 18.8. The summed E-state index contributed by atoms with van der Waals surface area (Å²) in [6.07, 6.45) is 2.32. The van der Waals surface area contributed by atoms with Gasteiger partial charge in [0.2, 0.25) is 5.78 Å². The molecule has 2 aliphatic heterocycles. The first kappa shape index (κ1) is 27.7. The Labute approximate surface area is 232 Å². The van der Waals surface area contributed by atoms with E-state index in [0.29, 0.717) is 66.4 Å². The van der Waals surface area contributed by atoms with Gasteiger partial charge in [0.05, 0.1) is 34.3 Å². The van der Waals surface area contributed by atoms with Crippen molar-refractivity contribution in [3.8, 4) is 11.5 Å². The van der Waals surface area contributed by atoms with Gasteiger partial charge in [-0.15, -0.1) is 0 Å². The van der Waals surface area contributed by atoms with Crippen LogP contribution in [0.1, 0.15) is 42.4 Å². The number of nitrogens with one attached hydrogen (secondary N) is 1. The molecule has 40 heavy (non-hydrogen) atoms. The number of Topliss-reactive ketones (excluding diaryl/α,β-unsaturated/α-hetero) is 1. The predicted octanol–water partition coefficient (Wildman–Crippen LogP) is 3.64. The Balaban J connectivity index is 1.38. The average molecular weight is 569 g/mol. The molecule has 12 heteroatoms. The van der Waals surface area contributed by atoms with E-state index in [-0.39, 0.29) is 22.5 Å². The molecule has 0 radical (unpaired) electrons. The average Bonchev–Trinajstić information content (AvgIpc) is 3.43. The molecule has 1 amide bonds. The SMILES string of the molecule is COc1ccc2c(c1CN1CCN(C(=O)OC(C)(C)C)CC1)O/C(=C\c1n[nH]c3ccc(S(C)(=O)=O)cc13)C2=O. The smallest absolute Gasteiger partial charge is 0.410 e. The second-order valence-electron chi connectivity index (χ2n) is 10.9. The lowest BCUT2D eigenvalue weighted by Gasteiger charge is -2.35. The molecule has 1 N–H and O–H groups in total. The van der Waals surface area contributed by atoms with Crippen molar-refractivity contribution < 1.29 is 32.2 Å². The van der Waals surface area contributed by atoms with Crippen LogP contribution in [0.2, 0.25) is 0 Å². The Morgan fingerprint density at radius 1 is 1.15 bits per heavy atom. The van der Waals surface area contributed by atoms with Crippen molar-refractivity contribution in [3.05, 3.63) is 52.9 Å². The number of sulfone groups is 1. The van der Waals surface area contributed by atoms with Crippen LogP contribution in [0, 0.1) is 0 Å². The van der Waals surface area contributed by atoms with Crippen molar-refractivity contribution in [2.75, 3.05) is 39.5 Å². The quantitative estimate of drug-likeness (QED) is 0.458. The van der Waals surface area contributed by atoms with E-state index in [1.165, 1.54) is 18.2 Å². The van der Waals surface area contributed by atoms with Gasteiger partial charge in [0, 0.05) is 50.4 Å². The van der Waals surface area contributed by atoms with Gasteiger partial charge in [-0.3, -0.25) is 14.8 Å². The minimum Gasteiger partial charge on any atom is -0.496 e. The van der Waals surface area contributed by atoms with E-state index in [9.17, 15) is 18.0 Å². The molecule has 1 fully saturated rings. The zero-order valence-corrected chi connectivity index (χ0v) is 23.9. The Bertz CT molecular complexity index is 1630. The summed E-state index contributed by atoms with van der Waals surface area (Å²) in [5.74, 6) is 0.786. The standard InChI is InChI=1S/C28H32N4O7S/c1-28(2,3)39-27(34)32-12-10-31(11-13-32)16-20-23(37-4)9-7-18-25(33)24(38-26(18)20)15-22-19-14-17(40(5,35)36)6-8-21(19)29-30-22/h6-9,14-15H,10-13,16H2,1-5H3,(H,29,30)/b24-15-. The molecule has 5 rings (SSSR count). The van der Waals surface area contributed by atoms with Crippen LogP contribution >= 0.6 is 0 Å². The van der Waals surface area contributed by atoms with Crippen LogP contribution in [-0.4, -0.2) is 85.4 Å². The first-order valence-corrected chi connectivity index (χ1v) is 14.8. The van der Waals surface area contributed by atoms with Crippen LogP contribution in [0.15, 0.2) is 41.0 Å². The number of allylic oxidation sites excluding steroid dienone is 1. The summed E-state index contributed by atoms with van der Waals surface area (Å²) in [5.41, 5.74) is 1.61. The molecule has 0 saturated carbocycles. The molecule has 3 aromatic rings. The fourth-order valence-corrected chi connectivity index (χ4v) is 5.39. The Morgan fingerprint density at radius 2 is 1.88 bits per heavy atom. The minimum atomic E-state index is -3.42. The van der Waals surface area contributed by atoms with Gasteiger partial charge in [0.1, 0.15) is 17.1 Å². The molecule has 2 aliphatic rings. The summed E-state index contributed by atoms with van der Waals surface area (Å²) in [7, 11) is -1.86. The van der Waals surface area contributed by atoms with Gasteiger partial charge < -0.3 is 19.1 Å². The number of piperazine rings is 1. The number of ketones is 1. The van der Waals surface area contributed by atoms with E-state index in [2.05, 4.69) is 15.1 Å². The highest BCUT2D eigenvalue weighted by molar-refractivity contribution is 7.90. The number of hydrogen-bond donors (Lipinski definition) is 1. The number of nitrogens with zero attached hydrogens (tertiary/aromatic N) is 3. The molecule has 0 aliphatic carbocycles. The number of rotatable bonds is 5. The zero-order chi connectivity index (χ0) is 28.8. The molecular weight excluding hydrogens is 536 g/mol. The summed E-state index contributed by atoms with van der Waals surface area (Å²) in [4.78, 5) is 29.8. The van der Waals surface area contributed by atoms with Gasteiger partial charge in [-0.25, -0.2) is 13.2 Å². The first-order valence-electron chi connectivity index (χ1n) is 12.9. The molecule has 0 atom stereocenters. The van der Waals surface area contributed by atoms with Crippen molar-refractivity contribution in [1.29, 1.82) is 0 Å². The highest BCUT2D eigenvalue weighted by Gasteiger charge is 2.33. The van der Waals surface area contributed by atoms with Gasteiger partial charge in [-0.05, 0) is 51.1 Å². The van der Waals surface area contributed by atoms with Gasteiger partial charge >= 0.3 is 6.09 Å². The van der Waals surface area contributed by atoms with Crippen molar-refractivity contribution in [2.24, 2.45) is 0 Å². The van der Waals surface area contributed by atoms with Crippen molar-refractivity contribution in [2.45, 2.75) is 37.8 Å². The summed E-state index contributed by atoms with van der Waals surface area (Å²) >= 11 is 0. The molecule has 1 saturated heterocycles. The zero-order valence-electron chi connectivity index (χ0n) is 23.1. The number of aromatic nitrogens is 2. The van der Waals surface area contributed by atoms with Gasteiger partial charge in [0.15, 0.2) is 15.6 Å². The Kier molecular flexibility index (Phi) is 7.09. The van der Waals surface area contributed by atoms with Crippen LogP contribution in [0.25, 0.3) is 17.0 Å². The Hall–Kier alpha value is -3.90. The maximum absolute atomic E-state index is 13.3. The molecule has 0 spiro atoms. The van der Waals surface area contributed by atoms with E-state index < -0.39 is 15.4 Å². The number of aromatic amines is 1. The third-order valence-electron chi connectivity index (χ3n) is 6.78. The monoisotopic (exact) mass is 568 g/mol. The third kappa shape index (κ3) is 5.54. The summed E-state index contributed by atoms with van der Waals surface area (Å²) in [6, 6.07) is 8.09. The number of carbonyl (C=O) groups excluding carboxylic acids is 2. The van der Waals surface area contributed by atoms with E-state index in [0.717, 1.165) is 11.8 Å². The predicted molar refractivity (Wildman–Crippen MR) is 148 cm³/mol. The molecular formula is C28H32N4O7S. The lowest BCUT2D eigenvalue weighted by Crippen LogP contribution is -2.49. The number of ether oxygens (including phenoxy) is 3. The molecule has 3 heterocycles. The maximum Gasteiger partial charge on any atom is 0.410 e. The normalized spacial score (nSPS) is 17.3. The van der Waals surface area contributed by atoms with E-state index in [1.54, 1.807) is 30.2 Å². The molecule has 2 aromatic carbocycles. The summed E-state index contributed by atoms with van der Waals surface area (Å²) in [5, 5.41) is 7.69. The molecule has 0 bridgehead atoms. The van der Waals surface area contributed by atoms with Gasteiger partial charge in [0.25, 0.3) is 0 Å². The summed E-state index contributed by atoms with van der Waals surface area (Å²) in [6.45, 7) is 8.24. The van der Waals surface area contributed by atoms with E-state index >= 15 is 0 Å². The third-order valence-corrected chi connectivity index (χ3v) is 7.89. The maximum atomic E-state index is 13.3. The molecule has 0 unspecified atom stereocenters. The van der Waals surface area contributed by atoms with Crippen LogP contribution in [0.4, 0.5) is 4.79 Å². The van der Waals surface area contributed by atoms with E-state index in [4.69, 9.17) is 14.2 Å². The Morgan fingerprint density at radius 3 is 2.52 bits per heavy atom. The topological polar surface area (TPSA) is 131 Å². The van der Waals surface area contributed by atoms with Crippen molar-refractivity contribution in [1.82, 2.24) is 20.0 Å². The minimum absolute atomic E-state index is 0.0809. The number of hydrogen-bond acceptors (Lipinski definition) is 9. The lowest BCUT2D eigenvalue weighted by molar-refractivity contribution is 0.0138. The molecule has 212 valence electrons. The van der Waals surface area contributed by atoms with Gasteiger partial charge in [-0.2, -0.15) is 5.10 Å². The number of carbonyl (C=O) groups is 2. The summed E-state index contributed by atoms with van der Waals surface area (Å²) < 4.78 is 41.3. The van der Waals surface area contributed by atoms with Gasteiger partial charge in [-0.1, -0.05) is 0 Å². The second-order valence-corrected chi connectivity index (χ2v) is 12.9. The van der Waals surface area contributed by atoms with Crippen LogP contribution in [0.3, 0.4) is 0 Å². The van der Waals surface area contributed by atoms with E-state index in [1.807, 2.05) is 20.8 Å². The van der Waals surface area contributed by atoms with Crippen LogP contribution < -0.4 is 9.47 Å². The number of benzene rings is 2. The largest absolute Gasteiger partial charge is 0.496 e. The fourth-order valence-electron chi connectivity index (χ4n) is 4.75. The lowest BCUT2D eigenvalue weighted by atomic mass is 10.0. The fraction of sp³-hybridized carbons (Fsp3) is 0.393. The highest BCUT2D eigenvalue weighted by atomic mass is 32.2. The van der Waals surface area contributed by atoms with Crippen LogP contribution in [-0.2, 0) is 21.1 Å². The number of methoxy groups -OCH3 is 1. The van der Waals surface area contributed by atoms with Crippen LogP contribution in [0.5, 0.6) is 11.5 Å². The molecule has 11 nitrogen and oxygen atoms in total. The number of H-pyrrole nitrogens is 1. The number of fused-ring (bicyclic) bond motifs is 2.